The van der Waals surface area contributed by atoms with Crippen molar-refractivity contribution < 1.29 is 18.0 Å². The summed E-state index contributed by atoms with van der Waals surface area (Å²) in [5.41, 5.74) is 1.11. The summed E-state index contributed by atoms with van der Waals surface area (Å²) in [6.07, 6.45) is 0.417. The Bertz CT molecular complexity index is 1020. The molecule has 9 nitrogen and oxygen atoms in total. The Morgan fingerprint density at radius 1 is 1.26 bits per heavy atom. The fourth-order valence-corrected chi connectivity index (χ4v) is 5.93. The van der Waals surface area contributed by atoms with E-state index in [-0.39, 0.29) is 41.7 Å². The molecule has 1 fully saturated rings. The van der Waals surface area contributed by atoms with Crippen LogP contribution in [-0.2, 0) is 26.0 Å². The fourth-order valence-electron chi connectivity index (χ4n) is 3.37. The lowest BCUT2D eigenvalue weighted by Gasteiger charge is -2.21. The first-order chi connectivity index (χ1) is 14.8. The molecule has 0 bridgehead atoms. The van der Waals surface area contributed by atoms with E-state index in [0.717, 1.165) is 11.4 Å². The van der Waals surface area contributed by atoms with Gasteiger partial charge in [0, 0.05) is 12.6 Å². The number of carbonyl (C=O) groups is 2. The molecule has 11 heteroatoms. The van der Waals surface area contributed by atoms with Gasteiger partial charge in [0.25, 0.3) is 0 Å². The number of nitrogens with one attached hydrogen (secondary N) is 1. The quantitative estimate of drug-likeness (QED) is 0.547. The molecule has 2 heterocycles. The van der Waals surface area contributed by atoms with E-state index in [9.17, 15) is 18.0 Å². The Hall–Kier alpha value is -2.40. The van der Waals surface area contributed by atoms with Gasteiger partial charge in [0.1, 0.15) is 5.82 Å². The van der Waals surface area contributed by atoms with Crippen molar-refractivity contribution in [1.29, 1.82) is 0 Å². The Morgan fingerprint density at radius 3 is 2.65 bits per heavy atom. The monoisotopic (exact) mass is 465 g/mol. The molecular weight excluding hydrogens is 438 g/mol. The molecule has 1 aliphatic heterocycles. The largest absolute Gasteiger partial charge is 0.351 e. The molecule has 1 atom stereocenters. The maximum atomic E-state index is 12.7. The molecule has 0 radical (unpaired) electrons. The Morgan fingerprint density at radius 2 is 2.00 bits per heavy atom. The molecule has 3 rings (SSSR count). The Labute approximate surface area is 186 Å². The van der Waals surface area contributed by atoms with Crippen LogP contribution in [0.15, 0.2) is 35.5 Å². The molecule has 1 N–H and O–H groups in total. The summed E-state index contributed by atoms with van der Waals surface area (Å²) in [6.45, 7) is 4.57. The number of rotatable bonds is 9. The third-order valence-corrected chi connectivity index (χ3v) is 7.80. The lowest BCUT2D eigenvalue weighted by atomic mass is 10.2. The summed E-state index contributed by atoms with van der Waals surface area (Å²) < 4.78 is 25.0. The zero-order chi connectivity index (χ0) is 22.4. The number of likely N-dealkylation sites (N-methyl/N-ethyl adjacent to an activating group) is 1. The molecule has 0 unspecified atom stereocenters. The summed E-state index contributed by atoms with van der Waals surface area (Å²) in [6, 6.07) is 9.56. The van der Waals surface area contributed by atoms with E-state index >= 15 is 0 Å². The number of hydrogen-bond donors (Lipinski definition) is 1. The standard InChI is InChI=1S/C20H27N5O4S2/c1-3-24(12-18(26)21-17-9-10-31(28,29)14-17)19(27)13-30-20-23-22-15(2)25(20)11-16-7-5-4-6-8-16/h4-8,17H,3,9-14H2,1-2H3,(H,21,26)/t17-/m1/s1. The highest BCUT2D eigenvalue weighted by Crippen LogP contribution is 2.19. The normalized spacial score (nSPS) is 17.4. The van der Waals surface area contributed by atoms with Crippen LogP contribution in [0, 0.1) is 6.92 Å². The molecule has 1 aromatic carbocycles. The number of aryl methyl sites for hydroxylation is 1. The van der Waals surface area contributed by atoms with E-state index in [1.807, 2.05) is 41.8 Å². The second-order valence-corrected chi connectivity index (χ2v) is 10.6. The summed E-state index contributed by atoms with van der Waals surface area (Å²) in [5.74, 6) is 0.418. The van der Waals surface area contributed by atoms with Crippen LogP contribution in [0.3, 0.4) is 0 Å². The summed E-state index contributed by atoms with van der Waals surface area (Å²) in [7, 11) is -3.07. The first-order valence-corrected chi connectivity index (χ1v) is 12.9. The van der Waals surface area contributed by atoms with E-state index in [1.54, 1.807) is 6.92 Å². The van der Waals surface area contributed by atoms with Gasteiger partial charge in [0.2, 0.25) is 11.8 Å². The first kappa shape index (κ1) is 23.3. The Kier molecular flexibility index (Phi) is 7.71. The topological polar surface area (TPSA) is 114 Å². The van der Waals surface area contributed by atoms with Gasteiger partial charge in [0.05, 0.1) is 30.3 Å². The van der Waals surface area contributed by atoms with Gasteiger partial charge < -0.3 is 14.8 Å². The van der Waals surface area contributed by atoms with E-state index in [2.05, 4.69) is 15.5 Å². The molecular formula is C20H27N5O4S2. The van der Waals surface area contributed by atoms with Gasteiger partial charge in [-0.3, -0.25) is 9.59 Å². The van der Waals surface area contributed by atoms with Crippen LogP contribution in [0.1, 0.15) is 24.7 Å². The highest BCUT2D eigenvalue weighted by Gasteiger charge is 2.29. The summed E-state index contributed by atoms with van der Waals surface area (Å²) in [4.78, 5) is 26.4. The summed E-state index contributed by atoms with van der Waals surface area (Å²) in [5, 5.41) is 11.7. The minimum absolute atomic E-state index is 0.0366. The molecule has 1 aliphatic rings. The van der Waals surface area contributed by atoms with Crippen molar-refractivity contribution in [2.75, 3.05) is 30.3 Å². The smallest absolute Gasteiger partial charge is 0.239 e. The number of sulfone groups is 1. The minimum Gasteiger partial charge on any atom is -0.351 e. The van der Waals surface area contributed by atoms with Crippen LogP contribution < -0.4 is 5.32 Å². The minimum atomic E-state index is -3.07. The van der Waals surface area contributed by atoms with Crippen molar-refractivity contribution in [3.63, 3.8) is 0 Å². The lowest BCUT2D eigenvalue weighted by molar-refractivity contribution is -0.134. The van der Waals surface area contributed by atoms with Crippen LogP contribution in [0.2, 0.25) is 0 Å². The molecule has 1 aromatic heterocycles. The molecule has 168 valence electrons. The van der Waals surface area contributed by atoms with Crippen LogP contribution in [0.5, 0.6) is 0 Å². The number of carbonyl (C=O) groups excluding carboxylic acids is 2. The Balaban J connectivity index is 1.54. The number of amides is 2. The number of nitrogens with zero attached hydrogens (tertiary/aromatic N) is 4. The fraction of sp³-hybridized carbons (Fsp3) is 0.500. The van der Waals surface area contributed by atoms with Gasteiger partial charge in [-0.05, 0) is 25.8 Å². The highest BCUT2D eigenvalue weighted by atomic mass is 32.2. The predicted molar refractivity (Wildman–Crippen MR) is 118 cm³/mol. The van der Waals surface area contributed by atoms with Gasteiger partial charge in [-0.15, -0.1) is 10.2 Å². The maximum Gasteiger partial charge on any atom is 0.239 e. The zero-order valence-corrected chi connectivity index (χ0v) is 19.3. The molecule has 2 amide bonds. The average molecular weight is 466 g/mol. The molecule has 0 aliphatic carbocycles. The van der Waals surface area contributed by atoms with Crippen molar-refractivity contribution in [3.8, 4) is 0 Å². The second kappa shape index (κ2) is 10.3. The van der Waals surface area contributed by atoms with Gasteiger partial charge >= 0.3 is 0 Å². The van der Waals surface area contributed by atoms with Crippen molar-refractivity contribution in [2.24, 2.45) is 0 Å². The van der Waals surface area contributed by atoms with Crippen LogP contribution in [0.25, 0.3) is 0 Å². The zero-order valence-electron chi connectivity index (χ0n) is 17.7. The SMILES string of the molecule is CCN(CC(=O)N[C@@H]1CCS(=O)(=O)C1)C(=O)CSc1nnc(C)n1Cc1ccccc1. The average Bonchev–Trinajstić information content (AvgIpc) is 3.26. The maximum absolute atomic E-state index is 12.7. The molecule has 2 aromatic rings. The van der Waals surface area contributed by atoms with Crippen molar-refractivity contribution >= 4 is 33.4 Å². The first-order valence-electron chi connectivity index (χ1n) is 10.1. The number of aromatic nitrogens is 3. The van der Waals surface area contributed by atoms with Crippen LogP contribution in [-0.4, -0.2) is 76.3 Å². The van der Waals surface area contributed by atoms with E-state index in [4.69, 9.17) is 0 Å². The van der Waals surface area contributed by atoms with E-state index in [0.29, 0.717) is 24.7 Å². The number of thioether (sulfide) groups is 1. The molecule has 31 heavy (non-hydrogen) atoms. The predicted octanol–water partition coefficient (Wildman–Crippen LogP) is 0.879. The van der Waals surface area contributed by atoms with Crippen LogP contribution in [0.4, 0.5) is 0 Å². The summed E-state index contributed by atoms with van der Waals surface area (Å²) >= 11 is 1.29. The number of benzene rings is 1. The molecule has 1 saturated heterocycles. The van der Waals surface area contributed by atoms with E-state index < -0.39 is 9.84 Å². The van der Waals surface area contributed by atoms with Crippen molar-refractivity contribution in [3.05, 3.63) is 41.7 Å². The molecule has 0 spiro atoms. The van der Waals surface area contributed by atoms with Gasteiger partial charge in [0.15, 0.2) is 15.0 Å². The number of hydrogen-bond acceptors (Lipinski definition) is 7. The second-order valence-electron chi connectivity index (χ2n) is 7.47. The van der Waals surface area contributed by atoms with Gasteiger partial charge in [-0.25, -0.2) is 8.42 Å². The van der Waals surface area contributed by atoms with Crippen LogP contribution >= 0.6 is 11.8 Å². The third kappa shape index (κ3) is 6.54. The van der Waals surface area contributed by atoms with Gasteiger partial charge in [-0.2, -0.15) is 0 Å². The van der Waals surface area contributed by atoms with Gasteiger partial charge in [-0.1, -0.05) is 42.1 Å². The highest BCUT2D eigenvalue weighted by molar-refractivity contribution is 7.99. The van der Waals surface area contributed by atoms with E-state index in [1.165, 1.54) is 16.7 Å². The molecule has 0 saturated carbocycles. The van der Waals surface area contributed by atoms with Crippen molar-refractivity contribution in [2.45, 2.75) is 38.0 Å². The third-order valence-electron chi connectivity index (χ3n) is 5.08. The lowest BCUT2D eigenvalue weighted by Crippen LogP contribution is -2.45. The van der Waals surface area contributed by atoms with Crippen molar-refractivity contribution in [1.82, 2.24) is 25.0 Å².